The summed E-state index contributed by atoms with van der Waals surface area (Å²) in [6, 6.07) is 3.84. The minimum absolute atomic E-state index is 0.0789. The molecular formula is C19H19FN4O4. The van der Waals surface area contributed by atoms with Gasteiger partial charge < -0.3 is 10.6 Å². The molecule has 1 atom stereocenters. The molecule has 8 nitrogen and oxygen atoms in total. The van der Waals surface area contributed by atoms with Crippen molar-refractivity contribution in [2.75, 3.05) is 19.6 Å². The van der Waals surface area contributed by atoms with Gasteiger partial charge in [-0.15, -0.1) is 0 Å². The van der Waals surface area contributed by atoms with Crippen LogP contribution in [0.4, 0.5) is 4.39 Å². The highest BCUT2D eigenvalue weighted by Crippen LogP contribution is 2.28. The molecule has 0 saturated carbocycles. The van der Waals surface area contributed by atoms with Gasteiger partial charge in [0.05, 0.1) is 11.1 Å². The molecular weight excluding hydrogens is 367 g/mol. The number of nitrogens with zero attached hydrogens (tertiary/aromatic N) is 1. The molecule has 0 bridgehead atoms. The van der Waals surface area contributed by atoms with Crippen LogP contribution in [0.1, 0.15) is 39.1 Å². The first kappa shape index (κ1) is 18.5. The van der Waals surface area contributed by atoms with Crippen LogP contribution in [0.2, 0.25) is 0 Å². The molecule has 3 N–H and O–H groups in total. The first-order valence-electron chi connectivity index (χ1n) is 9.08. The third-order valence-electron chi connectivity index (χ3n) is 5.17. The summed E-state index contributed by atoms with van der Waals surface area (Å²) in [4.78, 5) is 49.7. The molecule has 28 heavy (non-hydrogen) atoms. The number of imide groups is 2. The Hall–Kier alpha value is -2.91. The summed E-state index contributed by atoms with van der Waals surface area (Å²) >= 11 is 0. The summed E-state index contributed by atoms with van der Waals surface area (Å²) < 4.78 is 13.8. The van der Waals surface area contributed by atoms with Crippen LogP contribution in [-0.2, 0) is 16.1 Å². The predicted octanol–water partition coefficient (Wildman–Crippen LogP) is 0.00420. The number of rotatable bonds is 5. The Balaban J connectivity index is 1.46. The lowest BCUT2D eigenvalue weighted by molar-refractivity contribution is -0.136. The molecule has 0 spiro atoms. The van der Waals surface area contributed by atoms with Gasteiger partial charge in [-0.3, -0.25) is 29.4 Å². The molecule has 9 heteroatoms. The van der Waals surface area contributed by atoms with Crippen LogP contribution < -0.4 is 16.0 Å². The zero-order valence-electron chi connectivity index (χ0n) is 15.0. The number of carbonyl (C=O) groups excluding carboxylic acids is 4. The molecule has 146 valence electrons. The van der Waals surface area contributed by atoms with Gasteiger partial charge in [0.2, 0.25) is 11.8 Å². The van der Waals surface area contributed by atoms with E-state index < -0.39 is 29.7 Å². The highest BCUT2D eigenvalue weighted by atomic mass is 19.1. The molecule has 4 rings (SSSR count). The largest absolute Gasteiger partial charge is 0.309 e. The van der Waals surface area contributed by atoms with Crippen LogP contribution >= 0.6 is 0 Å². The van der Waals surface area contributed by atoms with Crippen LogP contribution in [0.3, 0.4) is 0 Å². The van der Waals surface area contributed by atoms with E-state index in [0.29, 0.717) is 19.6 Å². The number of hydrogen-bond donors (Lipinski definition) is 3. The SMILES string of the molecule is O=C1CCC(N2C(=O)c3ccc(CNCC(F)=C4CNC4)cc3C2=O)C(=O)N1. The van der Waals surface area contributed by atoms with Gasteiger partial charge in [-0.1, -0.05) is 6.07 Å². The number of carbonyl (C=O) groups is 4. The van der Waals surface area contributed by atoms with Crippen molar-refractivity contribution in [3.05, 3.63) is 46.3 Å². The van der Waals surface area contributed by atoms with Crippen molar-refractivity contribution in [1.82, 2.24) is 20.9 Å². The summed E-state index contributed by atoms with van der Waals surface area (Å²) in [5.74, 6) is -2.32. The average molecular weight is 386 g/mol. The van der Waals surface area contributed by atoms with Gasteiger partial charge >= 0.3 is 0 Å². The molecule has 3 aliphatic heterocycles. The molecule has 1 unspecified atom stereocenters. The van der Waals surface area contributed by atoms with E-state index in [4.69, 9.17) is 0 Å². The van der Waals surface area contributed by atoms with E-state index in [1.165, 1.54) is 0 Å². The van der Waals surface area contributed by atoms with Crippen molar-refractivity contribution in [3.63, 3.8) is 0 Å². The summed E-state index contributed by atoms with van der Waals surface area (Å²) in [6.45, 7) is 1.57. The second kappa shape index (κ2) is 7.25. The highest BCUT2D eigenvalue weighted by Gasteiger charge is 2.44. The van der Waals surface area contributed by atoms with E-state index in [-0.39, 0.29) is 36.3 Å². The Morgan fingerprint density at radius 3 is 2.57 bits per heavy atom. The normalized spacial score (nSPS) is 21.5. The maximum Gasteiger partial charge on any atom is 0.262 e. The highest BCUT2D eigenvalue weighted by molar-refractivity contribution is 6.23. The summed E-state index contributed by atoms with van der Waals surface area (Å²) in [5, 5.41) is 8.12. The number of amides is 4. The number of hydrogen-bond acceptors (Lipinski definition) is 6. The van der Waals surface area contributed by atoms with Gasteiger partial charge in [-0.2, -0.15) is 0 Å². The molecule has 4 amide bonds. The van der Waals surface area contributed by atoms with Crippen molar-refractivity contribution in [2.24, 2.45) is 0 Å². The third-order valence-corrected chi connectivity index (χ3v) is 5.17. The van der Waals surface area contributed by atoms with E-state index in [1.54, 1.807) is 18.2 Å². The molecule has 0 radical (unpaired) electrons. The summed E-state index contributed by atoms with van der Waals surface area (Å²) in [5.41, 5.74) is 1.93. The second-order valence-corrected chi connectivity index (χ2v) is 7.04. The lowest BCUT2D eigenvalue weighted by Crippen LogP contribution is -2.54. The zero-order chi connectivity index (χ0) is 19.8. The van der Waals surface area contributed by atoms with Crippen LogP contribution in [0.15, 0.2) is 29.6 Å². The number of piperidine rings is 1. The second-order valence-electron chi connectivity index (χ2n) is 7.04. The Morgan fingerprint density at radius 2 is 1.89 bits per heavy atom. The fourth-order valence-electron chi connectivity index (χ4n) is 3.51. The quantitative estimate of drug-likeness (QED) is 0.615. The molecule has 1 aromatic rings. The number of benzene rings is 1. The smallest absolute Gasteiger partial charge is 0.262 e. The molecule has 3 heterocycles. The lowest BCUT2D eigenvalue weighted by atomic mass is 10.0. The van der Waals surface area contributed by atoms with E-state index in [2.05, 4.69) is 16.0 Å². The minimum atomic E-state index is -0.983. The first-order valence-corrected chi connectivity index (χ1v) is 9.08. The van der Waals surface area contributed by atoms with Gasteiger partial charge in [0.15, 0.2) is 0 Å². The van der Waals surface area contributed by atoms with Gasteiger partial charge in [-0.25, -0.2) is 4.39 Å². The van der Waals surface area contributed by atoms with E-state index in [0.717, 1.165) is 16.0 Å². The predicted molar refractivity (Wildman–Crippen MR) is 95.8 cm³/mol. The Labute approximate surface area is 160 Å². The van der Waals surface area contributed by atoms with Gasteiger partial charge in [-0.05, 0) is 29.7 Å². The van der Waals surface area contributed by atoms with E-state index in [9.17, 15) is 23.6 Å². The maximum atomic E-state index is 13.8. The Morgan fingerprint density at radius 1 is 1.14 bits per heavy atom. The van der Waals surface area contributed by atoms with Crippen molar-refractivity contribution in [3.8, 4) is 0 Å². The van der Waals surface area contributed by atoms with Crippen LogP contribution in [0.5, 0.6) is 0 Å². The maximum absolute atomic E-state index is 13.8. The molecule has 3 aliphatic rings. The van der Waals surface area contributed by atoms with Crippen molar-refractivity contribution >= 4 is 23.6 Å². The standard InChI is InChI=1S/C19H19FN4O4/c20-14(11-7-22-8-11)9-21-6-10-1-2-12-13(5-10)19(28)24(18(12)27)15-3-4-16(25)23-17(15)26/h1-2,5,15,21-22H,3-4,6-9H2,(H,23,25,26). The molecule has 0 aliphatic carbocycles. The molecule has 0 aromatic heterocycles. The summed E-state index contributed by atoms with van der Waals surface area (Å²) in [6.07, 6.45) is 0.197. The zero-order valence-corrected chi connectivity index (χ0v) is 15.0. The topological polar surface area (TPSA) is 108 Å². The number of halogens is 1. The van der Waals surface area contributed by atoms with Crippen LogP contribution in [0.25, 0.3) is 0 Å². The van der Waals surface area contributed by atoms with Gasteiger partial charge in [0, 0.05) is 32.6 Å². The molecule has 2 saturated heterocycles. The van der Waals surface area contributed by atoms with Crippen molar-refractivity contribution in [2.45, 2.75) is 25.4 Å². The lowest BCUT2D eigenvalue weighted by Gasteiger charge is -2.27. The monoisotopic (exact) mass is 386 g/mol. The Bertz CT molecular complexity index is 921. The number of nitrogens with one attached hydrogen (secondary N) is 3. The third kappa shape index (κ3) is 3.23. The van der Waals surface area contributed by atoms with Crippen LogP contribution in [0, 0.1) is 0 Å². The average Bonchev–Trinajstić information content (AvgIpc) is 2.85. The van der Waals surface area contributed by atoms with E-state index >= 15 is 0 Å². The first-order chi connectivity index (χ1) is 13.5. The van der Waals surface area contributed by atoms with Crippen LogP contribution in [-0.4, -0.2) is 54.2 Å². The van der Waals surface area contributed by atoms with E-state index in [1.807, 2.05) is 0 Å². The summed E-state index contributed by atoms with van der Waals surface area (Å²) in [7, 11) is 0. The minimum Gasteiger partial charge on any atom is -0.309 e. The Kier molecular flexibility index (Phi) is 4.78. The van der Waals surface area contributed by atoms with Gasteiger partial charge in [0.1, 0.15) is 11.9 Å². The fourth-order valence-corrected chi connectivity index (χ4v) is 3.51. The number of fused-ring (bicyclic) bond motifs is 1. The fraction of sp³-hybridized carbons (Fsp3) is 0.368. The van der Waals surface area contributed by atoms with Crippen molar-refractivity contribution < 1.29 is 23.6 Å². The van der Waals surface area contributed by atoms with Gasteiger partial charge in [0.25, 0.3) is 11.8 Å². The van der Waals surface area contributed by atoms with Crippen molar-refractivity contribution in [1.29, 1.82) is 0 Å². The molecule has 1 aromatic carbocycles. The molecule has 2 fully saturated rings.